The van der Waals surface area contributed by atoms with Crippen LogP contribution in [0, 0.1) is 0 Å². The number of hydrogen-bond acceptors (Lipinski definition) is 4. The molecule has 1 aliphatic heterocycles. The van der Waals surface area contributed by atoms with E-state index in [9.17, 15) is 4.79 Å². The number of nitrogens with two attached hydrogens (primary N) is 1. The van der Waals surface area contributed by atoms with Gasteiger partial charge in [-0.15, -0.1) is 11.3 Å². The zero-order valence-electron chi connectivity index (χ0n) is 9.32. The molecule has 0 aliphatic carbocycles. The Balaban J connectivity index is 1.78. The maximum absolute atomic E-state index is 11.8. The van der Waals surface area contributed by atoms with Crippen LogP contribution in [0.15, 0.2) is 15.9 Å². The minimum Gasteiger partial charge on any atom is -0.364 e. The van der Waals surface area contributed by atoms with Gasteiger partial charge in [-0.3, -0.25) is 4.79 Å². The Morgan fingerprint density at radius 1 is 1.59 bits per heavy atom. The first-order valence-corrected chi connectivity index (χ1v) is 7.17. The third kappa shape index (κ3) is 3.51. The second-order valence-corrected chi connectivity index (χ2v) is 6.53. The SMILES string of the molecule is NC[C@H]1CC[C@@H](C(=O)NCc2ccc(Br)s2)O1. The number of carbonyl (C=O) groups excluding carboxylic acids is 1. The number of carbonyl (C=O) groups is 1. The second kappa shape index (κ2) is 5.95. The van der Waals surface area contributed by atoms with E-state index >= 15 is 0 Å². The highest BCUT2D eigenvalue weighted by molar-refractivity contribution is 9.11. The van der Waals surface area contributed by atoms with E-state index in [0.29, 0.717) is 13.1 Å². The molecule has 2 heterocycles. The molecule has 0 aromatic carbocycles. The lowest BCUT2D eigenvalue weighted by Gasteiger charge is -2.12. The predicted octanol–water partition coefficient (Wildman–Crippen LogP) is 1.63. The Kier molecular flexibility index (Phi) is 4.55. The summed E-state index contributed by atoms with van der Waals surface area (Å²) in [6.45, 7) is 1.05. The van der Waals surface area contributed by atoms with Crippen LogP contribution in [0.3, 0.4) is 0 Å². The highest BCUT2D eigenvalue weighted by Gasteiger charge is 2.29. The molecule has 1 fully saturated rings. The smallest absolute Gasteiger partial charge is 0.249 e. The second-order valence-electron chi connectivity index (χ2n) is 3.98. The number of amides is 1. The number of hydrogen-bond donors (Lipinski definition) is 2. The van der Waals surface area contributed by atoms with Crippen LogP contribution in [-0.2, 0) is 16.1 Å². The van der Waals surface area contributed by atoms with Crippen LogP contribution in [0.1, 0.15) is 17.7 Å². The quantitative estimate of drug-likeness (QED) is 0.887. The van der Waals surface area contributed by atoms with Crippen molar-refractivity contribution in [1.29, 1.82) is 0 Å². The summed E-state index contributed by atoms with van der Waals surface area (Å²) in [5, 5.41) is 2.88. The molecule has 1 aromatic rings. The minimum absolute atomic E-state index is 0.0366. The van der Waals surface area contributed by atoms with Crippen LogP contribution in [0.5, 0.6) is 0 Å². The van der Waals surface area contributed by atoms with Gasteiger partial charge in [-0.05, 0) is 40.9 Å². The van der Waals surface area contributed by atoms with Crippen molar-refractivity contribution in [3.05, 3.63) is 20.8 Å². The fourth-order valence-electron chi connectivity index (χ4n) is 1.81. The van der Waals surface area contributed by atoms with Crippen LogP contribution in [0.4, 0.5) is 0 Å². The van der Waals surface area contributed by atoms with Crippen molar-refractivity contribution in [3.8, 4) is 0 Å². The zero-order valence-corrected chi connectivity index (χ0v) is 11.7. The molecule has 6 heteroatoms. The molecule has 17 heavy (non-hydrogen) atoms. The number of thiophene rings is 1. The molecule has 0 spiro atoms. The maximum atomic E-state index is 11.8. The summed E-state index contributed by atoms with van der Waals surface area (Å²) in [6, 6.07) is 3.97. The van der Waals surface area contributed by atoms with Crippen LogP contribution in [0.2, 0.25) is 0 Å². The molecule has 1 aliphatic rings. The number of ether oxygens (including phenoxy) is 1. The molecule has 0 unspecified atom stereocenters. The van der Waals surface area contributed by atoms with Crippen molar-refractivity contribution in [2.45, 2.75) is 31.6 Å². The van der Waals surface area contributed by atoms with Gasteiger partial charge in [0.15, 0.2) is 0 Å². The van der Waals surface area contributed by atoms with E-state index in [-0.39, 0.29) is 18.1 Å². The largest absolute Gasteiger partial charge is 0.364 e. The van der Waals surface area contributed by atoms with Crippen molar-refractivity contribution in [2.24, 2.45) is 5.73 Å². The molecule has 3 N–H and O–H groups in total. The Hall–Kier alpha value is -0.430. The van der Waals surface area contributed by atoms with Crippen molar-refractivity contribution in [1.82, 2.24) is 5.32 Å². The van der Waals surface area contributed by atoms with Gasteiger partial charge >= 0.3 is 0 Å². The Bertz CT molecular complexity index is 397. The zero-order chi connectivity index (χ0) is 12.3. The molecule has 94 valence electrons. The molecular formula is C11H15BrN2O2S. The lowest BCUT2D eigenvalue weighted by Crippen LogP contribution is -2.34. The first-order chi connectivity index (χ1) is 8.19. The van der Waals surface area contributed by atoms with E-state index in [1.54, 1.807) is 11.3 Å². The summed E-state index contributed by atoms with van der Waals surface area (Å²) >= 11 is 5.01. The first kappa shape index (κ1) is 13.0. The average Bonchev–Trinajstić information content (AvgIpc) is 2.94. The average molecular weight is 319 g/mol. The van der Waals surface area contributed by atoms with Gasteiger partial charge in [0.05, 0.1) is 16.4 Å². The van der Waals surface area contributed by atoms with Gasteiger partial charge in [-0.1, -0.05) is 0 Å². The lowest BCUT2D eigenvalue weighted by atomic mass is 10.2. The van der Waals surface area contributed by atoms with Crippen LogP contribution < -0.4 is 11.1 Å². The van der Waals surface area contributed by atoms with Crippen LogP contribution >= 0.6 is 27.3 Å². The number of rotatable bonds is 4. The minimum atomic E-state index is -0.327. The molecule has 0 radical (unpaired) electrons. The molecule has 4 nitrogen and oxygen atoms in total. The van der Waals surface area contributed by atoms with Gasteiger partial charge < -0.3 is 15.8 Å². The summed E-state index contributed by atoms with van der Waals surface area (Å²) in [7, 11) is 0. The topological polar surface area (TPSA) is 64.4 Å². The van der Waals surface area contributed by atoms with Crippen LogP contribution in [-0.4, -0.2) is 24.7 Å². The standard InChI is InChI=1S/C11H15BrN2O2S/c12-10-4-2-8(17-10)6-14-11(15)9-3-1-7(5-13)16-9/h2,4,7,9H,1,3,5-6,13H2,(H,14,15)/t7-,9+/m1/s1. The third-order valence-electron chi connectivity index (χ3n) is 2.73. The van der Waals surface area contributed by atoms with Gasteiger partial charge in [0.2, 0.25) is 5.91 Å². The van der Waals surface area contributed by atoms with Crippen molar-refractivity contribution < 1.29 is 9.53 Å². The van der Waals surface area contributed by atoms with E-state index in [1.165, 1.54) is 0 Å². The third-order valence-corrected chi connectivity index (χ3v) is 4.35. The normalized spacial score (nSPS) is 23.9. The van der Waals surface area contributed by atoms with E-state index in [0.717, 1.165) is 21.5 Å². The summed E-state index contributed by atoms with van der Waals surface area (Å²) in [5.74, 6) is -0.0366. The van der Waals surface area contributed by atoms with Crippen molar-refractivity contribution >= 4 is 33.2 Å². The van der Waals surface area contributed by atoms with Gasteiger partial charge in [0.1, 0.15) is 6.10 Å². The predicted molar refractivity (Wildman–Crippen MR) is 70.8 cm³/mol. The summed E-state index contributed by atoms with van der Waals surface area (Å²) in [6.07, 6.45) is 1.36. The highest BCUT2D eigenvalue weighted by atomic mass is 79.9. The van der Waals surface area contributed by atoms with Crippen molar-refractivity contribution in [2.75, 3.05) is 6.54 Å². The molecule has 0 bridgehead atoms. The fraction of sp³-hybridized carbons (Fsp3) is 0.545. The fourth-order valence-corrected chi connectivity index (χ4v) is 3.23. The molecule has 2 atom stereocenters. The van der Waals surface area contributed by atoms with Gasteiger partial charge in [-0.25, -0.2) is 0 Å². The molecular weight excluding hydrogens is 304 g/mol. The molecule has 1 amide bonds. The number of nitrogens with one attached hydrogen (secondary N) is 1. The highest BCUT2D eigenvalue weighted by Crippen LogP contribution is 2.22. The Labute approximate surface area is 113 Å². The Morgan fingerprint density at radius 3 is 3.00 bits per heavy atom. The van der Waals surface area contributed by atoms with Gasteiger partial charge in [-0.2, -0.15) is 0 Å². The lowest BCUT2D eigenvalue weighted by molar-refractivity contribution is -0.132. The van der Waals surface area contributed by atoms with E-state index < -0.39 is 0 Å². The molecule has 1 saturated heterocycles. The van der Waals surface area contributed by atoms with E-state index in [1.807, 2.05) is 12.1 Å². The molecule has 2 rings (SSSR count). The van der Waals surface area contributed by atoms with Gasteiger partial charge in [0, 0.05) is 11.4 Å². The van der Waals surface area contributed by atoms with Crippen molar-refractivity contribution in [3.63, 3.8) is 0 Å². The van der Waals surface area contributed by atoms with Gasteiger partial charge in [0.25, 0.3) is 0 Å². The summed E-state index contributed by atoms with van der Waals surface area (Å²) in [4.78, 5) is 12.9. The monoisotopic (exact) mass is 318 g/mol. The number of halogens is 1. The summed E-state index contributed by atoms with van der Waals surface area (Å²) < 4.78 is 6.59. The first-order valence-electron chi connectivity index (χ1n) is 5.56. The molecule has 1 aromatic heterocycles. The van der Waals surface area contributed by atoms with E-state index in [2.05, 4.69) is 21.2 Å². The molecule has 0 saturated carbocycles. The van der Waals surface area contributed by atoms with Crippen LogP contribution in [0.25, 0.3) is 0 Å². The van der Waals surface area contributed by atoms with E-state index in [4.69, 9.17) is 10.5 Å². The summed E-state index contributed by atoms with van der Waals surface area (Å²) in [5.41, 5.74) is 5.50. The maximum Gasteiger partial charge on any atom is 0.249 e. The Morgan fingerprint density at radius 2 is 2.41 bits per heavy atom.